The number of allylic oxidation sites excluding steroid dienone is 1. The van der Waals surface area contributed by atoms with Crippen LogP contribution in [0, 0.1) is 5.41 Å². The second kappa shape index (κ2) is 22.7. The number of rotatable bonds is 19. The summed E-state index contributed by atoms with van der Waals surface area (Å²) in [6.45, 7) is 0.575. The predicted octanol–water partition coefficient (Wildman–Crippen LogP) is 3.02. The number of aliphatic hydroxyl groups excluding tert-OH is 5. The highest BCUT2D eigenvalue weighted by Gasteiger charge is 2.26. The number of carboxylic acids is 1. The zero-order valence-electron chi connectivity index (χ0n) is 18.8. The van der Waals surface area contributed by atoms with Gasteiger partial charge >= 0.3 is 5.97 Å². The molecule has 0 radical (unpaired) electrons. The molecular weight excluding hydrogens is 388 g/mol. The molecule has 0 fully saturated rings. The number of carboxylic acid groups (broad SMARTS) is 1. The molecule has 0 heterocycles. The summed E-state index contributed by atoms with van der Waals surface area (Å²) in [5.74, 6) is -0.689. The SMILES string of the molecule is CCCCCC[C@@H](O)C/C=C\CCCCCCCC(=O)O.OCC(CO)(CO)CO. The molecule has 30 heavy (non-hydrogen) atoms. The van der Waals surface area contributed by atoms with Crippen molar-refractivity contribution >= 4 is 5.97 Å². The Kier molecular flexibility index (Phi) is 23.6. The Hall–Kier alpha value is -0.990. The van der Waals surface area contributed by atoms with Gasteiger partial charge in [0, 0.05) is 6.42 Å². The molecule has 180 valence electrons. The standard InChI is InChI=1S/C18H34O3.C5H12O4/c1-2-3-4-11-14-17(19)15-12-9-7-5-6-8-10-13-16-18(20)21;6-1-5(2-7,3-8)4-9/h9,12,17,19H,2-8,10-11,13-16H2,1H3,(H,20,21);6-9H,1-4H2/b12-9-;/t17-;/m1./s1. The van der Waals surface area contributed by atoms with Gasteiger partial charge in [-0.05, 0) is 32.1 Å². The van der Waals surface area contributed by atoms with Crippen molar-refractivity contribution in [2.45, 2.75) is 96.5 Å². The minimum atomic E-state index is -1.11. The fraction of sp³-hybridized carbons (Fsp3) is 0.870. The van der Waals surface area contributed by atoms with E-state index >= 15 is 0 Å². The van der Waals surface area contributed by atoms with Crippen molar-refractivity contribution in [3.05, 3.63) is 12.2 Å². The van der Waals surface area contributed by atoms with Crippen LogP contribution in [0.2, 0.25) is 0 Å². The third kappa shape index (κ3) is 20.3. The average molecular weight is 435 g/mol. The Labute approximate surface area is 182 Å². The van der Waals surface area contributed by atoms with Gasteiger partial charge in [0.25, 0.3) is 0 Å². The number of aliphatic hydroxyl groups is 5. The molecule has 0 bridgehead atoms. The molecule has 0 spiro atoms. The summed E-state index contributed by atoms with van der Waals surface area (Å²) in [5.41, 5.74) is -1.11. The fourth-order valence-corrected chi connectivity index (χ4v) is 2.66. The number of carbonyl (C=O) groups is 1. The minimum Gasteiger partial charge on any atom is -0.481 e. The van der Waals surface area contributed by atoms with Gasteiger partial charge in [0.15, 0.2) is 0 Å². The molecule has 6 N–H and O–H groups in total. The van der Waals surface area contributed by atoms with Crippen molar-refractivity contribution in [1.29, 1.82) is 0 Å². The van der Waals surface area contributed by atoms with Crippen LogP contribution in [0.5, 0.6) is 0 Å². The fourth-order valence-electron chi connectivity index (χ4n) is 2.66. The lowest BCUT2D eigenvalue weighted by Crippen LogP contribution is -2.37. The van der Waals surface area contributed by atoms with E-state index in [-0.39, 0.29) is 6.10 Å². The summed E-state index contributed by atoms with van der Waals surface area (Å²) in [5, 5.41) is 52.3. The predicted molar refractivity (Wildman–Crippen MR) is 119 cm³/mol. The molecule has 0 amide bonds. The monoisotopic (exact) mass is 434 g/mol. The Morgan fingerprint density at radius 3 is 1.83 bits per heavy atom. The lowest BCUT2D eigenvalue weighted by atomic mass is 9.93. The molecule has 1 atom stereocenters. The Morgan fingerprint density at radius 1 is 0.800 bits per heavy atom. The maximum absolute atomic E-state index is 10.3. The normalized spacial score (nSPS) is 12.6. The van der Waals surface area contributed by atoms with Crippen LogP contribution in [0.1, 0.15) is 90.4 Å². The van der Waals surface area contributed by atoms with Crippen LogP contribution in [0.3, 0.4) is 0 Å². The zero-order valence-corrected chi connectivity index (χ0v) is 18.8. The Bertz CT molecular complexity index is 378. The minimum absolute atomic E-state index is 0.172. The zero-order chi connectivity index (χ0) is 23.1. The summed E-state index contributed by atoms with van der Waals surface area (Å²) < 4.78 is 0. The van der Waals surface area contributed by atoms with E-state index in [1.54, 1.807) is 0 Å². The van der Waals surface area contributed by atoms with Crippen molar-refractivity contribution in [2.75, 3.05) is 26.4 Å². The molecule has 0 aromatic rings. The van der Waals surface area contributed by atoms with Crippen LogP contribution in [0.4, 0.5) is 0 Å². The van der Waals surface area contributed by atoms with Crippen molar-refractivity contribution in [2.24, 2.45) is 5.41 Å². The van der Waals surface area contributed by atoms with E-state index < -0.39 is 37.8 Å². The maximum Gasteiger partial charge on any atom is 0.303 e. The molecule has 7 heteroatoms. The molecule has 0 aromatic carbocycles. The summed E-state index contributed by atoms with van der Waals surface area (Å²) in [6, 6.07) is 0. The van der Waals surface area contributed by atoms with E-state index in [9.17, 15) is 9.90 Å². The first-order chi connectivity index (χ1) is 14.4. The first-order valence-corrected chi connectivity index (χ1v) is 11.4. The van der Waals surface area contributed by atoms with Crippen LogP contribution in [0.25, 0.3) is 0 Å². The third-order valence-electron chi connectivity index (χ3n) is 5.07. The molecule has 0 unspecified atom stereocenters. The largest absolute Gasteiger partial charge is 0.481 e. The highest BCUT2D eigenvalue weighted by Crippen LogP contribution is 2.12. The van der Waals surface area contributed by atoms with Gasteiger partial charge in [-0.1, -0.05) is 64.0 Å². The van der Waals surface area contributed by atoms with Crippen LogP contribution < -0.4 is 0 Å². The summed E-state index contributed by atoms with van der Waals surface area (Å²) in [7, 11) is 0. The summed E-state index contributed by atoms with van der Waals surface area (Å²) in [4.78, 5) is 10.3. The van der Waals surface area contributed by atoms with E-state index in [4.69, 9.17) is 25.5 Å². The van der Waals surface area contributed by atoms with Gasteiger partial charge in [-0.3, -0.25) is 4.79 Å². The van der Waals surface area contributed by atoms with E-state index in [1.807, 2.05) is 0 Å². The van der Waals surface area contributed by atoms with Gasteiger partial charge in [0.05, 0.1) is 37.9 Å². The van der Waals surface area contributed by atoms with Crippen LogP contribution in [-0.4, -0.2) is 69.1 Å². The van der Waals surface area contributed by atoms with Gasteiger partial charge in [-0.25, -0.2) is 0 Å². The molecule has 0 aliphatic rings. The average Bonchev–Trinajstić information content (AvgIpc) is 2.75. The van der Waals surface area contributed by atoms with Gasteiger partial charge in [0.2, 0.25) is 0 Å². The van der Waals surface area contributed by atoms with E-state index in [0.29, 0.717) is 6.42 Å². The third-order valence-corrected chi connectivity index (χ3v) is 5.07. The van der Waals surface area contributed by atoms with Crippen LogP contribution >= 0.6 is 0 Å². The highest BCUT2D eigenvalue weighted by molar-refractivity contribution is 5.66. The Morgan fingerprint density at radius 2 is 1.33 bits per heavy atom. The number of hydrogen-bond acceptors (Lipinski definition) is 6. The molecule has 0 rings (SSSR count). The highest BCUT2D eigenvalue weighted by atomic mass is 16.4. The van der Waals surface area contributed by atoms with Crippen molar-refractivity contribution < 1.29 is 35.4 Å². The smallest absolute Gasteiger partial charge is 0.303 e. The number of hydrogen-bond donors (Lipinski definition) is 6. The molecule has 0 aromatic heterocycles. The van der Waals surface area contributed by atoms with Crippen molar-refractivity contribution in [1.82, 2.24) is 0 Å². The van der Waals surface area contributed by atoms with E-state index in [1.165, 1.54) is 25.7 Å². The van der Waals surface area contributed by atoms with Gasteiger partial charge < -0.3 is 30.6 Å². The van der Waals surface area contributed by atoms with Gasteiger partial charge in [-0.15, -0.1) is 0 Å². The molecule has 0 saturated heterocycles. The first kappa shape index (κ1) is 31.2. The van der Waals surface area contributed by atoms with Gasteiger partial charge in [-0.2, -0.15) is 0 Å². The Balaban J connectivity index is 0. The first-order valence-electron chi connectivity index (χ1n) is 11.4. The maximum atomic E-state index is 10.3. The van der Waals surface area contributed by atoms with Crippen molar-refractivity contribution in [3.63, 3.8) is 0 Å². The topological polar surface area (TPSA) is 138 Å². The lowest BCUT2D eigenvalue weighted by Gasteiger charge is -2.23. The number of aliphatic carboxylic acids is 1. The molecular formula is C23H46O7. The van der Waals surface area contributed by atoms with E-state index in [2.05, 4.69) is 19.1 Å². The van der Waals surface area contributed by atoms with Gasteiger partial charge in [0.1, 0.15) is 0 Å². The molecule has 0 aliphatic carbocycles. The van der Waals surface area contributed by atoms with Crippen molar-refractivity contribution in [3.8, 4) is 0 Å². The molecule has 0 saturated carbocycles. The number of unbranched alkanes of at least 4 members (excludes halogenated alkanes) is 8. The summed E-state index contributed by atoms with van der Waals surface area (Å²) >= 11 is 0. The quantitative estimate of drug-likeness (QED) is 0.136. The van der Waals surface area contributed by atoms with Crippen LogP contribution in [0.15, 0.2) is 12.2 Å². The second-order valence-corrected chi connectivity index (χ2v) is 8.04. The lowest BCUT2D eigenvalue weighted by molar-refractivity contribution is -0.137. The van der Waals surface area contributed by atoms with Crippen LogP contribution in [-0.2, 0) is 4.79 Å². The van der Waals surface area contributed by atoms with E-state index in [0.717, 1.165) is 51.4 Å². The second-order valence-electron chi connectivity index (χ2n) is 8.04. The summed E-state index contributed by atoms with van der Waals surface area (Å²) in [6.07, 6.45) is 17.4. The molecule has 7 nitrogen and oxygen atoms in total. The molecule has 0 aliphatic heterocycles.